The van der Waals surface area contributed by atoms with E-state index in [1.807, 2.05) is 18.2 Å². The van der Waals surface area contributed by atoms with Crippen LogP contribution in [0, 0.1) is 5.41 Å². The van der Waals surface area contributed by atoms with Gasteiger partial charge in [0.25, 0.3) is 0 Å². The second-order valence-electron chi connectivity index (χ2n) is 6.03. The van der Waals surface area contributed by atoms with Crippen molar-refractivity contribution in [3.8, 4) is 0 Å². The third-order valence-electron chi connectivity index (χ3n) is 2.87. The third kappa shape index (κ3) is 3.51. The summed E-state index contributed by atoms with van der Waals surface area (Å²) in [5, 5.41) is 5.14. The summed E-state index contributed by atoms with van der Waals surface area (Å²) in [5.74, 6) is 0.546. The zero-order chi connectivity index (χ0) is 14.0. The standard InChI is InChI=1S/C15H20ClN3/c1-15(2,3)9-12-13(16)14(17)19(18-12)10-11-7-5-4-6-8-11/h4-8H,9-10,17H2,1-3H3. The zero-order valence-corrected chi connectivity index (χ0v) is 12.4. The Morgan fingerprint density at radius 1 is 1.21 bits per heavy atom. The van der Waals surface area contributed by atoms with Crippen LogP contribution in [0.5, 0.6) is 0 Å². The molecule has 0 amide bonds. The van der Waals surface area contributed by atoms with E-state index in [9.17, 15) is 0 Å². The topological polar surface area (TPSA) is 43.8 Å². The first kappa shape index (κ1) is 13.9. The number of anilines is 1. The van der Waals surface area contributed by atoms with E-state index in [1.54, 1.807) is 4.68 Å². The highest BCUT2D eigenvalue weighted by Crippen LogP contribution is 2.29. The van der Waals surface area contributed by atoms with Crippen LogP contribution in [0.4, 0.5) is 5.82 Å². The molecule has 2 N–H and O–H groups in total. The van der Waals surface area contributed by atoms with E-state index in [0.717, 1.165) is 17.7 Å². The van der Waals surface area contributed by atoms with Crippen molar-refractivity contribution >= 4 is 17.4 Å². The minimum atomic E-state index is 0.141. The van der Waals surface area contributed by atoms with E-state index in [4.69, 9.17) is 17.3 Å². The van der Waals surface area contributed by atoms with E-state index in [1.165, 1.54) is 0 Å². The molecule has 19 heavy (non-hydrogen) atoms. The molecule has 1 heterocycles. The van der Waals surface area contributed by atoms with Crippen LogP contribution in [0.2, 0.25) is 5.02 Å². The highest BCUT2D eigenvalue weighted by atomic mass is 35.5. The first-order chi connectivity index (χ1) is 8.87. The second kappa shape index (κ2) is 5.25. The van der Waals surface area contributed by atoms with Gasteiger partial charge in [-0.05, 0) is 17.4 Å². The Morgan fingerprint density at radius 3 is 2.42 bits per heavy atom. The number of aromatic nitrogens is 2. The van der Waals surface area contributed by atoms with Gasteiger partial charge < -0.3 is 5.73 Å². The van der Waals surface area contributed by atoms with E-state index in [0.29, 0.717) is 17.4 Å². The number of benzene rings is 1. The summed E-state index contributed by atoms with van der Waals surface area (Å²) >= 11 is 6.28. The lowest BCUT2D eigenvalue weighted by Gasteiger charge is -2.16. The predicted octanol–water partition coefficient (Wildman–Crippen LogP) is 3.76. The van der Waals surface area contributed by atoms with E-state index < -0.39 is 0 Å². The molecule has 0 fully saturated rings. The lowest BCUT2D eigenvalue weighted by molar-refractivity contribution is 0.404. The minimum Gasteiger partial charge on any atom is -0.383 e. The van der Waals surface area contributed by atoms with Gasteiger partial charge in [0.1, 0.15) is 10.8 Å². The van der Waals surface area contributed by atoms with Crippen LogP contribution in [-0.2, 0) is 13.0 Å². The van der Waals surface area contributed by atoms with Crippen molar-refractivity contribution in [2.45, 2.75) is 33.7 Å². The molecule has 0 bridgehead atoms. The highest BCUT2D eigenvalue weighted by molar-refractivity contribution is 6.33. The maximum atomic E-state index is 6.28. The predicted molar refractivity (Wildman–Crippen MR) is 80.4 cm³/mol. The Hall–Kier alpha value is -1.48. The molecule has 0 saturated heterocycles. The summed E-state index contributed by atoms with van der Waals surface area (Å²) in [7, 11) is 0. The Labute approximate surface area is 119 Å². The molecular weight excluding hydrogens is 258 g/mol. The number of nitrogens with zero attached hydrogens (tertiary/aromatic N) is 2. The lowest BCUT2D eigenvalue weighted by atomic mass is 9.91. The summed E-state index contributed by atoms with van der Waals surface area (Å²) < 4.78 is 1.78. The van der Waals surface area contributed by atoms with Crippen molar-refractivity contribution in [3.05, 3.63) is 46.6 Å². The fourth-order valence-electron chi connectivity index (χ4n) is 2.00. The summed E-state index contributed by atoms with van der Waals surface area (Å²) in [6, 6.07) is 10.1. The Kier molecular flexibility index (Phi) is 3.85. The zero-order valence-electron chi connectivity index (χ0n) is 11.7. The third-order valence-corrected chi connectivity index (χ3v) is 3.28. The number of nitrogens with two attached hydrogens (primary N) is 1. The number of nitrogen functional groups attached to an aromatic ring is 1. The molecule has 2 aromatic rings. The maximum Gasteiger partial charge on any atom is 0.141 e. The highest BCUT2D eigenvalue weighted by Gasteiger charge is 2.19. The number of rotatable bonds is 3. The molecule has 1 aromatic carbocycles. The summed E-state index contributed by atoms with van der Waals surface area (Å²) in [4.78, 5) is 0. The van der Waals surface area contributed by atoms with Crippen LogP contribution in [0.3, 0.4) is 0 Å². The van der Waals surface area contributed by atoms with Crippen molar-refractivity contribution in [2.24, 2.45) is 5.41 Å². The van der Waals surface area contributed by atoms with Gasteiger partial charge in [0.05, 0.1) is 12.2 Å². The molecule has 0 spiro atoms. The molecule has 0 aliphatic rings. The van der Waals surface area contributed by atoms with Crippen molar-refractivity contribution in [3.63, 3.8) is 0 Å². The van der Waals surface area contributed by atoms with E-state index in [-0.39, 0.29) is 5.41 Å². The van der Waals surface area contributed by atoms with Crippen molar-refractivity contribution < 1.29 is 0 Å². The van der Waals surface area contributed by atoms with Crippen molar-refractivity contribution in [2.75, 3.05) is 5.73 Å². The molecule has 0 radical (unpaired) electrons. The first-order valence-corrected chi connectivity index (χ1v) is 6.79. The number of hydrogen-bond donors (Lipinski definition) is 1. The van der Waals surface area contributed by atoms with Crippen LogP contribution >= 0.6 is 11.6 Å². The Bertz CT molecular complexity index is 553. The van der Waals surface area contributed by atoms with Gasteiger partial charge in [0.2, 0.25) is 0 Å². The normalized spacial score (nSPS) is 11.8. The maximum absolute atomic E-state index is 6.28. The molecule has 3 nitrogen and oxygen atoms in total. The van der Waals surface area contributed by atoms with Gasteiger partial charge in [-0.3, -0.25) is 0 Å². The fourth-order valence-corrected chi connectivity index (χ4v) is 2.20. The lowest BCUT2D eigenvalue weighted by Crippen LogP contribution is -2.11. The number of hydrogen-bond acceptors (Lipinski definition) is 2. The average molecular weight is 278 g/mol. The smallest absolute Gasteiger partial charge is 0.141 e. The van der Waals surface area contributed by atoms with E-state index >= 15 is 0 Å². The summed E-state index contributed by atoms with van der Waals surface area (Å²) in [6.45, 7) is 7.14. The fraction of sp³-hybridized carbons (Fsp3) is 0.400. The molecule has 4 heteroatoms. The van der Waals surface area contributed by atoms with Crippen LogP contribution in [-0.4, -0.2) is 9.78 Å². The molecular formula is C15H20ClN3. The molecule has 0 aliphatic heterocycles. The minimum absolute atomic E-state index is 0.141. The van der Waals surface area contributed by atoms with E-state index in [2.05, 4.69) is 38.0 Å². The van der Waals surface area contributed by atoms with Crippen LogP contribution in [0.25, 0.3) is 0 Å². The summed E-state index contributed by atoms with van der Waals surface area (Å²) in [6.07, 6.45) is 0.817. The Balaban J connectivity index is 2.25. The van der Waals surface area contributed by atoms with Crippen molar-refractivity contribution in [1.82, 2.24) is 9.78 Å². The number of halogens is 1. The quantitative estimate of drug-likeness (QED) is 0.928. The van der Waals surface area contributed by atoms with Gasteiger partial charge in [0.15, 0.2) is 0 Å². The second-order valence-corrected chi connectivity index (χ2v) is 6.40. The molecule has 1 aromatic heterocycles. The molecule has 0 saturated carbocycles. The molecule has 0 atom stereocenters. The van der Waals surface area contributed by atoms with Gasteiger partial charge in [-0.1, -0.05) is 62.7 Å². The van der Waals surface area contributed by atoms with Gasteiger partial charge in [-0.25, -0.2) is 4.68 Å². The average Bonchev–Trinajstić information content (AvgIpc) is 2.57. The monoisotopic (exact) mass is 277 g/mol. The molecule has 0 unspecified atom stereocenters. The SMILES string of the molecule is CC(C)(C)Cc1nn(Cc2ccccc2)c(N)c1Cl. The van der Waals surface area contributed by atoms with Crippen LogP contribution < -0.4 is 5.73 Å². The molecule has 102 valence electrons. The largest absolute Gasteiger partial charge is 0.383 e. The van der Waals surface area contributed by atoms with Gasteiger partial charge in [-0.15, -0.1) is 0 Å². The van der Waals surface area contributed by atoms with Crippen LogP contribution in [0.1, 0.15) is 32.0 Å². The first-order valence-electron chi connectivity index (χ1n) is 6.41. The van der Waals surface area contributed by atoms with Crippen molar-refractivity contribution in [1.29, 1.82) is 0 Å². The Morgan fingerprint density at radius 2 is 1.84 bits per heavy atom. The van der Waals surface area contributed by atoms with Gasteiger partial charge >= 0.3 is 0 Å². The van der Waals surface area contributed by atoms with Crippen LogP contribution in [0.15, 0.2) is 30.3 Å². The van der Waals surface area contributed by atoms with Gasteiger partial charge in [-0.2, -0.15) is 5.10 Å². The molecule has 0 aliphatic carbocycles. The molecule has 2 rings (SSSR count). The summed E-state index contributed by atoms with van der Waals surface area (Å²) in [5.41, 5.74) is 8.22. The van der Waals surface area contributed by atoms with Gasteiger partial charge in [0, 0.05) is 0 Å².